The lowest BCUT2D eigenvalue weighted by Gasteiger charge is -2.24. The van der Waals surface area contributed by atoms with Crippen molar-refractivity contribution in [1.29, 1.82) is 0 Å². The number of ether oxygens (including phenoxy) is 2. The van der Waals surface area contributed by atoms with E-state index < -0.39 is 5.95 Å². The summed E-state index contributed by atoms with van der Waals surface area (Å²) in [7, 11) is 3.17. The van der Waals surface area contributed by atoms with Crippen LogP contribution in [0.2, 0.25) is 0 Å². The number of aromatic nitrogens is 1. The van der Waals surface area contributed by atoms with Gasteiger partial charge in [0.05, 0.1) is 13.2 Å². The zero-order valence-corrected chi connectivity index (χ0v) is 13.2. The van der Waals surface area contributed by atoms with Gasteiger partial charge in [-0.3, -0.25) is 4.79 Å². The van der Waals surface area contributed by atoms with Crippen LogP contribution in [0.3, 0.4) is 0 Å². The Kier molecular flexibility index (Phi) is 5.65. The number of methoxy groups -OCH3 is 2. The van der Waals surface area contributed by atoms with E-state index in [1.165, 1.54) is 12.3 Å². The number of amides is 1. The molecule has 6 heteroatoms. The van der Waals surface area contributed by atoms with Crippen LogP contribution in [0, 0.1) is 5.95 Å². The molecule has 1 heterocycles. The molecule has 1 aromatic carbocycles. The van der Waals surface area contributed by atoms with Gasteiger partial charge in [0, 0.05) is 24.9 Å². The predicted octanol–water partition coefficient (Wildman–Crippen LogP) is 2.74. The zero-order valence-electron chi connectivity index (χ0n) is 13.2. The van der Waals surface area contributed by atoms with Crippen molar-refractivity contribution in [3.63, 3.8) is 0 Å². The van der Waals surface area contributed by atoms with Crippen LogP contribution in [0.1, 0.15) is 28.9 Å². The molecule has 1 amide bonds. The third kappa shape index (κ3) is 4.26. The van der Waals surface area contributed by atoms with Crippen molar-refractivity contribution >= 4 is 5.91 Å². The van der Waals surface area contributed by atoms with E-state index in [0.29, 0.717) is 0 Å². The first-order valence-electron chi connectivity index (χ1n) is 7.14. The molecule has 2 aromatic rings. The molecule has 1 N–H and O–H groups in total. The molecule has 2 rings (SSSR count). The maximum atomic E-state index is 13.1. The molecule has 0 saturated heterocycles. The predicted molar refractivity (Wildman–Crippen MR) is 83.9 cm³/mol. The van der Waals surface area contributed by atoms with E-state index in [-0.39, 0.29) is 23.6 Å². The number of halogens is 1. The minimum Gasteiger partial charge on any atom is -0.497 e. The first kappa shape index (κ1) is 16.9. The lowest BCUT2D eigenvalue weighted by atomic mass is 10.0. The lowest BCUT2D eigenvalue weighted by molar-refractivity contribution is 0.0644. The minimum absolute atomic E-state index is 0.217. The van der Waals surface area contributed by atoms with Crippen LogP contribution >= 0.6 is 0 Å². The largest absolute Gasteiger partial charge is 0.497 e. The van der Waals surface area contributed by atoms with Crippen molar-refractivity contribution in [2.75, 3.05) is 14.2 Å². The van der Waals surface area contributed by atoms with Gasteiger partial charge in [-0.2, -0.15) is 4.39 Å². The standard InChI is InChI=1S/C17H19FN2O3/c1-11(20-17(21)13-8-9-19-15(18)10-13)16(23-3)12-4-6-14(22-2)7-5-12/h4-11,16H,1-3H3,(H,20,21)/t11-,16-/m0/s1. The quantitative estimate of drug-likeness (QED) is 0.832. The van der Waals surface area contributed by atoms with E-state index >= 15 is 0 Å². The van der Waals surface area contributed by atoms with Crippen molar-refractivity contribution < 1.29 is 18.7 Å². The highest BCUT2D eigenvalue weighted by Gasteiger charge is 2.21. The Morgan fingerprint density at radius 2 is 1.91 bits per heavy atom. The minimum atomic E-state index is -0.691. The van der Waals surface area contributed by atoms with Gasteiger partial charge in [-0.15, -0.1) is 0 Å². The summed E-state index contributed by atoms with van der Waals surface area (Å²) in [6.07, 6.45) is 0.920. The van der Waals surface area contributed by atoms with E-state index in [0.717, 1.165) is 17.4 Å². The molecule has 5 nitrogen and oxygen atoms in total. The second-order valence-electron chi connectivity index (χ2n) is 5.06. The van der Waals surface area contributed by atoms with Gasteiger partial charge in [0.1, 0.15) is 11.9 Å². The number of hydrogen-bond donors (Lipinski definition) is 1. The third-order valence-electron chi connectivity index (χ3n) is 3.50. The number of carbonyl (C=O) groups is 1. The van der Waals surface area contributed by atoms with E-state index in [9.17, 15) is 9.18 Å². The van der Waals surface area contributed by atoms with Crippen molar-refractivity contribution in [1.82, 2.24) is 10.3 Å². The molecular formula is C17H19FN2O3. The van der Waals surface area contributed by atoms with Gasteiger partial charge >= 0.3 is 0 Å². The topological polar surface area (TPSA) is 60.5 Å². The summed E-state index contributed by atoms with van der Waals surface area (Å²) in [5.74, 6) is -0.328. The zero-order chi connectivity index (χ0) is 16.8. The highest BCUT2D eigenvalue weighted by Crippen LogP contribution is 2.23. The Bertz CT molecular complexity index is 661. The molecule has 0 aliphatic heterocycles. The first-order chi connectivity index (χ1) is 11.0. The number of rotatable bonds is 6. The van der Waals surface area contributed by atoms with Gasteiger partial charge in [-0.1, -0.05) is 12.1 Å². The molecule has 0 aliphatic rings. The SMILES string of the molecule is COc1ccc([C@@H](OC)[C@H](C)NC(=O)c2ccnc(F)c2)cc1. The Balaban J connectivity index is 2.09. The van der Waals surface area contributed by atoms with Crippen LogP contribution in [0.4, 0.5) is 4.39 Å². The highest BCUT2D eigenvalue weighted by molar-refractivity contribution is 5.94. The van der Waals surface area contributed by atoms with Crippen LogP contribution in [0.5, 0.6) is 5.75 Å². The fraction of sp³-hybridized carbons (Fsp3) is 0.294. The van der Waals surface area contributed by atoms with Gasteiger partial charge in [0.15, 0.2) is 0 Å². The summed E-state index contributed by atoms with van der Waals surface area (Å²) in [5, 5.41) is 2.81. The Morgan fingerprint density at radius 1 is 1.22 bits per heavy atom. The van der Waals surface area contributed by atoms with Gasteiger partial charge < -0.3 is 14.8 Å². The molecule has 23 heavy (non-hydrogen) atoms. The normalized spacial score (nSPS) is 13.2. The monoisotopic (exact) mass is 318 g/mol. The molecule has 2 atom stereocenters. The number of pyridine rings is 1. The van der Waals surface area contributed by atoms with E-state index in [4.69, 9.17) is 9.47 Å². The van der Waals surface area contributed by atoms with Crippen LogP contribution in [0.25, 0.3) is 0 Å². The van der Waals surface area contributed by atoms with Gasteiger partial charge in [0.25, 0.3) is 5.91 Å². The van der Waals surface area contributed by atoms with Crippen molar-refractivity contribution in [3.05, 3.63) is 59.7 Å². The molecule has 0 radical (unpaired) electrons. The number of hydrogen-bond acceptors (Lipinski definition) is 4. The van der Waals surface area contributed by atoms with Gasteiger partial charge in [-0.05, 0) is 30.7 Å². The van der Waals surface area contributed by atoms with Crippen molar-refractivity contribution in [2.45, 2.75) is 19.1 Å². The second-order valence-corrected chi connectivity index (χ2v) is 5.06. The van der Waals surface area contributed by atoms with E-state index in [1.54, 1.807) is 14.2 Å². The van der Waals surface area contributed by atoms with Crippen LogP contribution in [-0.4, -0.2) is 31.2 Å². The Hall–Kier alpha value is -2.47. The fourth-order valence-corrected chi connectivity index (χ4v) is 2.33. The molecule has 1 aromatic heterocycles. The first-order valence-corrected chi connectivity index (χ1v) is 7.14. The van der Waals surface area contributed by atoms with Crippen LogP contribution in [0.15, 0.2) is 42.6 Å². The van der Waals surface area contributed by atoms with Gasteiger partial charge in [-0.25, -0.2) is 4.98 Å². The van der Waals surface area contributed by atoms with E-state index in [2.05, 4.69) is 10.3 Å². The number of nitrogens with zero attached hydrogens (tertiary/aromatic N) is 1. The molecule has 0 saturated carbocycles. The highest BCUT2D eigenvalue weighted by atomic mass is 19.1. The second kappa shape index (κ2) is 7.69. The van der Waals surface area contributed by atoms with Crippen LogP contribution in [-0.2, 0) is 4.74 Å². The Labute approximate surface area is 134 Å². The lowest BCUT2D eigenvalue weighted by Crippen LogP contribution is -2.37. The number of nitrogens with one attached hydrogen (secondary N) is 1. The van der Waals surface area contributed by atoms with Crippen molar-refractivity contribution in [2.24, 2.45) is 0 Å². The fourth-order valence-electron chi connectivity index (χ4n) is 2.33. The molecule has 0 unspecified atom stereocenters. The summed E-state index contributed by atoms with van der Waals surface area (Å²) in [5.41, 5.74) is 1.12. The summed E-state index contributed by atoms with van der Waals surface area (Å²) in [4.78, 5) is 15.6. The molecule has 0 bridgehead atoms. The molecular weight excluding hydrogens is 299 g/mol. The molecule has 122 valence electrons. The maximum absolute atomic E-state index is 13.1. The number of benzene rings is 1. The third-order valence-corrected chi connectivity index (χ3v) is 3.50. The van der Waals surface area contributed by atoms with Gasteiger partial charge in [0.2, 0.25) is 5.95 Å². The number of carbonyl (C=O) groups excluding carboxylic acids is 1. The average Bonchev–Trinajstić information content (AvgIpc) is 2.56. The Morgan fingerprint density at radius 3 is 2.48 bits per heavy atom. The van der Waals surface area contributed by atoms with Crippen LogP contribution < -0.4 is 10.1 Å². The average molecular weight is 318 g/mol. The molecule has 0 spiro atoms. The summed E-state index contributed by atoms with van der Waals surface area (Å²) in [6, 6.07) is 9.65. The van der Waals surface area contributed by atoms with E-state index in [1.807, 2.05) is 31.2 Å². The molecule has 0 fully saturated rings. The van der Waals surface area contributed by atoms with Crippen molar-refractivity contribution in [3.8, 4) is 5.75 Å². The summed E-state index contributed by atoms with van der Waals surface area (Å²) in [6.45, 7) is 1.83. The maximum Gasteiger partial charge on any atom is 0.251 e. The molecule has 0 aliphatic carbocycles. The smallest absolute Gasteiger partial charge is 0.251 e. The summed E-state index contributed by atoms with van der Waals surface area (Å²) < 4.78 is 23.7. The summed E-state index contributed by atoms with van der Waals surface area (Å²) >= 11 is 0.